The van der Waals surface area contributed by atoms with Gasteiger partial charge in [-0.2, -0.15) is 12.6 Å². The summed E-state index contributed by atoms with van der Waals surface area (Å²) < 4.78 is 2.28. The molecule has 0 fully saturated rings. The van der Waals surface area contributed by atoms with E-state index in [4.69, 9.17) is 0 Å². The Kier molecular flexibility index (Phi) is 3.75. The Hall–Kier alpha value is -0.160. The van der Waals surface area contributed by atoms with Gasteiger partial charge in [-0.3, -0.25) is 0 Å². The van der Waals surface area contributed by atoms with Crippen molar-refractivity contribution in [1.82, 2.24) is 14.8 Å². The van der Waals surface area contributed by atoms with E-state index in [2.05, 4.69) is 27.4 Å². The molecule has 2 rings (SSSR count). The molecule has 78 valence electrons. The van der Waals surface area contributed by atoms with E-state index in [0.29, 0.717) is 0 Å². The lowest BCUT2D eigenvalue weighted by Gasteiger charge is -2.04. The molecule has 1 aromatic heterocycles. The highest BCUT2D eigenvalue weighted by atomic mass is 32.2. The van der Waals surface area contributed by atoms with Crippen LogP contribution in [0.4, 0.5) is 0 Å². The van der Waals surface area contributed by atoms with Crippen molar-refractivity contribution in [1.29, 1.82) is 0 Å². The van der Waals surface area contributed by atoms with Crippen molar-refractivity contribution in [2.45, 2.75) is 37.4 Å². The van der Waals surface area contributed by atoms with Gasteiger partial charge >= 0.3 is 0 Å². The quantitative estimate of drug-likeness (QED) is 0.635. The Balaban J connectivity index is 2.12. The Morgan fingerprint density at radius 3 is 3.07 bits per heavy atom. The van der Waals surface area contributed by atoms with Crippen molar-refractivity contribution < 1.29 is 0 Å². The molecule has 0 saturated heterocycles. The van der Waals surface area contributed by atoms with Gasteiger partial charge in [-0.25, -0.2) is 0 Å². The second-order valence-corrected chi connectivity index (χ2v) is 4.94. The highest BCUT2D eigenvalue weighted by molar-refractivity contribution is 7.99. The molecule has 0 bridgehead atoms. The summed E-state index contributed by atoms with van der Waals surface area (Å²) in [5.74, 6) is 3.08. The van der Waals surface area contributed by atoms with Gasteiger partial charge in [0.05, 0.1) is 0 Å². The van der Waals surface area contributed by atoms with Crippen LogP contribution in [-0.2, 0) is 13.0 Å². The van der Waals surface area contributed by atoms with E-state index in [1.54, 1.807) is 11.8 Å². The van der Waals surface area contributed by atoms with Crippen molar-refractivity contribution in [3.63, 3.8) is 0 Å². The van der Waals surface area contributed by atoms with E-state index in [1.807, 2.05) is 0 Å². The topological polar surface area (TPSA) is 30.7 Å². The van der Waals surface area contributed by atoms with Crippen LogP contribution in [0.2, 0.25) is 0 Å². The molecule has 1 aliphatic heterocycles. The lowest BCUT2D eigenvalue weighted by Crippen LogP contribution is -2.02. The lowest BCUT2D eigenvalue weighted by molar-refractivity contribution is 0.591. The summed E-state index contributed by atoms with van der Waals surface area (Å²) in [5.41, 5.74) is 0. The number of rotatable bonds is 3. The van der Waals surface area contributed by atoms with Crippen molar-refractivity contribution in [2.24, 2.45) is 0 Å². The third-order valence-corrected chi connectivity index (χ3v) is 3.89. The fourth-order valence-electron chi connectivity index (χ4n) is 1.70. The first-order valence-corrected chi connectivity index (χ1v) is 6.69. The van der Waals surface area contributed by atoms with E-state index in [-0.39, 0.29) is 0 Å². The van der Waals surface area contributed by atoms with Crippen molar-refractivity contribution in [2.75, 3.05) is 11.5 Å². The predicted octanol–water partition coefficient (Wildman–Crippen LogP) is 2.03. The summed E-state index contributed by atoms with van der Waals surface area (Å²) in [6, 6.07) is 0. The van der Waals surface area contributed by atoms with Crippen molar-refractivity contribution in [3.8, 4) is 0 Å². The SMILES string of the molecule is SCCSc1nnc2n1CCCCC2. The maximum absolute atomic E-state index is 4.24. The number of thioether (sulfide) groups is 1. The molecule has 3 nitrogen and oxygen atoms in total. The molecule has 1 aliphatic rings. The summed E-state index contributed by atoms with van der Waals surface area (Å²) in [4.78, 5) is 0. The molecule has 0 saturated carbocycles. The highest BCUT2D eigenvalue weighted by Crippen LogP contribution is 2.21. The average Bonchev–Trinajstić information content (AvgIpc) is 2.45. The fraction of sp³-hybridized carbons (Fsp3) is 0.778. The van der Waals surface area contributed by atoms with Crippen molar-refractivity contribution >= 4 is 24.4 Å². The third-order valence-electron chi connectivity index (χ3n) is 2.40. The first-order valence-electron chi connectivity index (χ1n) is 5.07. The smallest absolute Gasteiger partial charge is 0.191 e. The second-order valence-electron chi connectivity index (χ2n) is 3.43. The molecule has 0 aromatic carbocycles. The summed E-state index contributed by atoms with van der Waals surface area (Å²) in [5, 5.41) is 9.54. The molecule has 0 spiro atoms. The van der Waals surface area contributed by atoms with Crippen LogP contribution in [0.3, 0.4) is 0 Å². The van der Waals surface area contributed by atoms with Gasteiger partial charge in [-0.15, -0.1) is 10.2 Å². The third kappa shape index (κ3) is 2.25. The summed E-state index contributed by atoms with van der Waals surface area (Å²) in [6.45, 7) is 1.09. The fourth-order valence-corrected chi connectivity index (χ4v) is 2.70. The number of hydrogen-bond donors (Lipinski definition) is 1. The monoisotopic (exact) mass is 229 g/mol. The number of aryl methyl sites for hydroxylation is 1. The van der Waals surface area contributed by atoms with E-state index in [0.717, 1.165) is 29.6 Å². The molecule has 0 aliphatic carbocycles. The predicted molar refractivity (Wildman–Crippen MR) is 62.2 cm³/mol. The number of aromatic nitrogens is 3. The summed E-state index contributed by atoms with van der Waals surface area (Å²) >= 11 is 5.96. The Labute approximate surface area is 94.1 Å². The first kappa shape index (κ1) is 10.4. The standard InChI is InChI=1S/C9H15N3S2/c13-6-7-14-9-11-10-8-4-2-1-3-5-12(8)9/h13H,1-7H2. The first-order chi connectivity index (χ1) is 6.92. The van der Waals surface area contributed by atoms with E-state index in [1.165, 1.54) is 25.1 Å². The minimum Gasteiger partial charge on any atom is -0.306 e. The number of hydrogen-bond acceptors (Lipinski definition) is 4. The van der Waals surface area contributed by atoms with Gasteiger partial charge in [0.1, 0.15) is 5.82 Å². The Morgan fingerprint density at radius 1 is 1.29 bits per heavy atom. The highest BCUT2D eigenvalue weighted by Gasteiger charge is 2.14. The Morgan fingerprint density at radius 2 is 2.21 bits per heavy atom. The van der Waals surface area contributed by atoms with Crippen LogP contribution in [-0.4, -0.2) is 26.3 Å². The Bertz CT molecular complexity index is 298. The average molecular weight is 229 g/mol. The van der Waals surface area contributed by atoms with Crippen LogP contribution in [0.15, 0.2) is 5.16 Å². The van der Waals surface area contributed by atoms with Crippen LogP contribution >= 0.6 is 24.4 Å². The molecule has 0 N–H and O–H groups in total. The molecule has 2 heterocycles. The molecule has 0 radical (unpaired) electrons. The van der Waals surface area contributed by atoms with Gasteiger partial charge in [-0.05, 0) is 18.6 Å². The summed E-state index contributed by atoms with van der Waals surface area (Å²) in [7, 11) is 0. The molecule has 5 heteroatoms. The zero-order valence-corrected chi connectivity index (χ0v) is 9.86. The zero-order valence-electron chi connectivity index (χ0n) is 8.15. The van der Waals surface area contributed by atoms with E-state index >= 15 is 0 Å². The molecule has 14 heavy (non-hydrogen) atoms. The largest absolute Gasteiger partial charge is 0.306 e. The zero-order chi connectivity index (χ0) is 9.80. The van der Waals surface area contributed by atoms with Crippen LogP contribution in [0.1, 0.15) is 25.1 Å². The van der Waals surface area contributed by atoms with Crippen LogP contribution in [0.25, 0.3) is 0 Å². The van der Waals surface area contributed by atoms with Gasteiger partial charge in [0.15, 0.2) is 5.16 Å². The number of thiol groups is 1. The van der Waals surface area contributed by atoms with Gasteiger partial charge in [-0.1, -0.05) is 18.2 Å². The van der Waals surface area contributed by atoms with Crippen LogP contribution in [0, 0.1) is 0 Å². The molecular weight excluding hydrogens is 214 g/mol. The molecule has 0 unspecified atom stereocenters. The van der Waals surface area contributed by atoms with E-state index < -0.39 is 0 Å². The molecule has 0 amide bonds. The maximum atomic E-state index is 4.24. The minimum atomic E-state index is 0.896. The number of nitrogens with zero attached hydrogens (tertiary/aromatic N) is 3. The van der Waals surface area contributed by atoms with Gasteiger partial charge in [0, 0.05) is 18.7 Å². The van der Waals surface area contributed by atoms with Gasteiger partial charge in [0.25, 0.3) is 0 Å². The summed E-state index contributed by atoms with van der Waals surface area (Å²) in [6.07, 6.45) is 4.93. The second kappa shape index (κ2) is 5.07. The van der Waals surface area contributed by atoms with Crippen LogP contribution in [0.5, 0.6) is 0 Å². The molecule has 1 aromatic rings. The van der Waals surface area contributed by atoms with Gasteiger partial charge < -0.3 is 4.57 Å². The van der Waals surface area contributed by atoms with E-state index in [9.17, 15) is 0 Å². The van der Waals surface area contributed by atoms with Crippen molar-refractivity contribution in [3.05, 3.63) is 5.82 Å². The lowest BCUT2D eigenvalue weighted by atomic mass is 10.2. The molecular formula is C9H15N3S2. The normalized spacial score (nSPS) is 16.4. The maximum Gasteiger partial charge on any atom is 0.191 e. The number of fused-ring (bicyclic) bond motifs is 1. The van der Waals surface area contributed by atoms with Gasteiger partial charge in [0.2, 0.25) is 0 Å². The minimum absolute atomic E-state index is 0.896. The van der Waals surface area contributed by atoms with Crippen LogP contribution < -0.4 is 0 Å². The molecule has 0 atom stereocenters.